The number of nitrogens with two attached hydrogens (primary N) is 2. The van der Waals surface area contributed by atoms with E-state index in [4.69, 9.17) is 16.2 Å². The lowest BCUT2D eigenvalue weighted by Gasteiger charge is -2.31. The molecule has 1 aliphatic heterocycles. The number of hydrogen-bond donors (Lipinski definition) is 2. The molecule has 1 atom stereocenters. The van der Waals surface area contributed by atoms with Crippen LogP contribution >= 0.6 is 11.8 Å². The zero-order valence-electron chi connectivity index (χ0n) is 8.07. The summed E-state index contributed by atoms with van der Waals surface area (Å²) in [6.45, 7) is 1.56. The summed E-state index contributed by atoms with van der Waals surface area (Å²) in [4.78, 5) is 11.3. The predicted molar refractivity (Wildman–Crippen MR) is 55.9 cm³/mol. The quantitative estimate of drug-likeness (QED) is 0.662. The van der Waals surface area contributed by atoms with E-state index >= 15 is 0 Å². The van der Waals surface area contributed by atoms with Crippen molar-refractivity contribution in [1.82, 2.24) is 0 Å². The van der Waals surface area contributed by atoms with Crippen molar-refractivity contribution < 1.29 is 9.53 Å². The number of ether oxygens (including phenoxy) is 1. The lowest BCUT2D eigenvalue weighted by atomic mass is 9.96. The minimum absolute atomic E-state index is 0.313. The summed E-state index contributed by atoms with van der Waals surface area (Å²) < 4.78 is 5.06. The van der Waals surface area contributed by atoms with Crippen LogP contribution in [0.5, 0.6) is 0 Å². The van der Waals surface area contributed by atoms with Gasteiger partial charge < -0.3 is 16.2 Å². The number of amides is 1. The molecule has 0 aromatic heterocycles. The Bertz CT molecular complexity index is 241. The Kier molecular flexibility index (Phi) is 2.72. The maximum absolute atomic E-state index is 11.3. The van der Waals surface area contributed by atoms with E-state index in [-0.39, 0.29) is 5.91 Å². The van der Waals surface area contributed by atoms with Crippen LogP contribution in [0.1, 0.15) is 12.8 Å². The minimum atomic E-state index is -0.778. The second kappa shape index (κ2) is 3.72. The van der Waals surface area contributed by atoms with E-state index in [9.17, 15) is 4.79 Å². The topological polar surface area (TPSA) is 78.3 Å². The van der Waals surface area contributed by atoms with E-state index in [1.165, 1.54) is 0 Å². The average Bonchev–Trinajstić information content (AvgIpc) is 2.82. The number of carbonyl (C=O) groups excluding carboxylic acids is 1. The van der Waals surface area contributed by atoms with E-state index in [0.717, 1.165) is 26.1 Å². The highest BCUT2D eigenvalue weighted by molar-refractivity contribution is 8.00. The van der Waals surface area contributed by atoms with Gasteiger partial charge in [-0.15, -0.1) is 0 Å². The highest BCUT2D eigenvalue weighted by Crippen LogP contribution is 2.40. The zero-order chi connectivity index (χ0) is 10.2. The summed E-state index contributed by atoms with van der Waals surface area (Å²) in [5, 5.41) is 0.510. The van der Waals surface area contributed by atoms with Gasteiger partial charge in [0.15, 0.2) is 0 Å². The van der Waals surface area contributed by atoms with Crippen LogP contribution in [-0.4, -0.2) is 35.7 Å². The molecule has 2 fully saturated rings. The molecule has 4 nitrogen and oxygen atoms in total. The van der Waals surface area contributed by atoms with Crippen LogP contribution in [0.15, 0.2) is 0 Å². The second-order valence-corrected chi connectivity index (χ2v) is 5.44. The van der Waals surface area contributed by atoms with Gasteiger partial charge in [0.1, 0.15) is 5.54 Å². The van der Waals surface area contributed by atoms with Crippen LogP contribution in [0, 0.1) is 5.92 Å². The zero-order valence-corrected chi connectivity index (χ0v) is 8.89. The molecule has 4 N–H and O–H groups in total. The van der Waals surface area contributed by atoms with E-state index in [0.29, 0.717) is 16.9 Å². The van der Waals surface area contributed by atoms with Crippen LogP contribution < -0.4 is 11.5 Å². The maximum atomic E-state index is 11.3. The van der Waals surface area contributed by atoms with Gasteiger partial charge in [0, 0.05) is 5.75 Å². The van der Waals surface area contributed by atoms with Crippen molar-refractivity contribution >= 4 is 17.7 Å². The Labute approximate surface area is 87.7 Å². The molecule has 2 rings (SSSR count). The minimum Gasteiger partial charge on any atom is -0.379 e. The van der Waals surface area contributed by atoms with Gasteiger partial charge in [-0.05, 0) is 18.8 Å². The molecule has 0 aromatic rings. The SMILES string of the molecule is NC(=O)C(N)(CSC1COC1)C1CC1. The average molecular weight is 216 g/mol. The Morgan fingerprint density at radius 1 is 1.50 bits per heavy atom. The fourth-order valence-corrected chi connectivity index (χ4v) is 2.83. The molecular weight excluding hydrogens is 200 g/mol. The van der Waals surface area contributed by atoms with E-state index in [2.05, 4.69) is 0 Å². The number of hydrogen-bond acceptors (Lipinski definition) is 4. The second-order valence-electron chi connectivity index (χ2n) is 4.15. The Hall–Kier alpha value is -0.260. The lowest BCUT2D eigenvalue weighted by molar-refractivity contribution is -0.123. The smallest absolute Gasteiger partial charge is 0.238 e. The van der Waals surface area contributed by atoms with Gasteiger partial charge in [-0.1, -0.05) is 0 Å². The first-order valence-electron chi connectivity index (χ1n) is 4.91. The van der Waals surface area contributed by atoms with Crippen LogP contribution in [0.25, 0.3) is 0 Å². The third-order valence-electron chi connectivity index (χ3n) is 2.93. The Balaban J connectivity index is 1.86. The fraction of sp³-hybridized carbons (Fsp3) is 0.889. The molecule has 80 valence electrons. The largest absolute Gasteiger partial charge is 0.379 e. The molecule has 0 aromatic carbocycles. The molecule has 1 saturated heterocycles. The van der Waals surface area contributed by atoms with Gasteiger partial charge >= 0.3 is 0 Å². The molecule has 1 amide bonds. The fourth-order valence-electron chi connectivity index (χ4n) is 1.55. The van der Waals surface area contributed by atoms with Crippen molar-refractivity contribution in [2.75, 3.05) is 19.0 Å². The summed E-state index contributed by atoms with van der Waals surface area (Å²) in [7, 11) is 0. The molecule has 0 radical (unpaired) electrons. The van der Waals surface area contributed by atoms with Crippen LogP contribution in [-0.2, 0) is 9.53 Å². The van der Waals surface area contributed by atoms with E-state index in [1.807, 2.05) is 0 Å². The lowest BCUT2D eigenvalue weighted by Crippen LogP contribution is -2.56. The highest BCUT2D eigenvalue weighted by Gasteiger charge is 2.47. The monoisotopic (exact) mass is 216 g/mol. The number of carbonyl (C=O) groups is 1. The molecule has 0 spiro atoms. The molecule has 1 unspecified atom stereocenters. The summed E-state index contributed by atoms with van der Waals surface area (Å²) in [5.74, 6) is 0.599. The molecule has 1 saturated carbocycles. The van der Waals surface area contributed by atoms with E-state index < -0.39 is 5.54 Å². The predicted octanol–water partition coefficient (Wildman–Crippen LogP) is -0.289. The van der Waals surface area contributed by atoms with Gasteiger partial charge in [0.2, 0.25) is 5.91 Å². The number of rotatable bonds is 5. The Morgan fingerprint density at radius 2 is 2.14 bits per heavy atom. The number of thioether (sulfide) groups is 1. The molecule has 14 heavy (non-hydrogen) atoms. The summed E-state index contributed by atoms with van der Waals surface area (Å²) in [6, 6.07) is 0. The van der Waals surface area contributed by atoms with Crippen molar-refractivity contribution in [3.05, 3.63) is 0 Å². The molecule has 0 bridgehead atoms. The first kappa shape index (κ1) is 10.3. The first-order valence-corrected chi connectivity index (χ1v) is 5.96. The molecule has 5 heteroatoms. The van der Waals surface area contributed by atoms with Crippen molar-refractivity contribution in [3.63, 3.8) is 0 Å². The van der Waals surface area contributed by atoms with Crippen LogP contribution in [0.2, 0.25) is 0 Å². The maximum Gasteiger partial charge on any atom is 0.238 e. The van der Waals surface area contributed by atoms with E-state index in [1.54, 1.807) is 11.8 Å². The summed E-state index contributed by atoms with van der Waals surface area (Å²) in [6.07, 6.45) is 2.09. The standard InChI is InChI=1S/C9H16N2O2S/c10-8(12)9(11,6-1-2-6)5-14-7-3-13-4-7/h6-7H,1-5,11H2,(H2,10,12). The van der Waals surface area contributed by atoms with Crippen molar-refractivity contribution in [2.45, 2.75) is 23.6 Å². The van der Waals surface area contributed by atoms with Gasteiger partial charge in [-0.2, -0.15) is 11.8 Å². The van der Waals surface area contributed by atoms with Crippen LogP contribution in [0.3, 0.4) is 0 Å². The highest BCUT2D eigenvalue weighted by atomic mass is 32.2. The van der Waals surface area contributed by atoms with Crippen molar-refractivity contribution in [3.8, 4) is 0 Å². The molecular formula is C9H16N2O2S. The van der Waals surface area contributed by atoms with Crippen molar-refractivity contribution in [2.24, 2.45) is 17.4 Å². The van der Waals surface area contributed by atoms with Gasteiger partial charge in [0.25, 0.3) is 0 Å². The first-order chi connectivity index (χ1) is 6.63. The molecule has 2 aliphatic rings. The summed E-state index contributed by atoms with van der Waals surface area (Å²) in [5.41, 5.74) is 10.6. The van der Waals surface area contributed by atoms with Gasteiger partial charge in [-0.3, -0.25) is 4.79 Å². The molecule has 1 aliphatic carbocycles. The Morgan fingerprint density at radius 3 is 2.50 bits per heavy atom. The van der Waals surface area contributed by atoms with Gasteiger partial charge in [-0.25, -0.2) is 0 Å². The van der Waals surface area contributed by atoms with Gasteiger partial charge in [0.05, 0.1) is 18.5 Å². The molecule has 1 heterocycles. The van der Waals surface area contributed by atoms with Crippen LogP contribution in [0.4, 0.5) is 0 Å². The third-order valence-corrected chi connectivity index (χ3v) is 4.32. The normalized spacial score (nSPS) is 26.6. The summed E-state index contributed by atoms with van der Waals surface area (Å²) >= 11 is 1.72. The van der Waals surface area contributed by atoms with Crippen molar-refractivity contribution in [1.29, 1.82) is 0 Å². The third kappa shape index (κ3) is 1.89. The number of primary amides is 1.